The van der Waals surface area contributed by atoms with Crippen LogP contribution < -0.4 is 15.5 Å². The molecule has 0 spiro atoms. The molecular weight excluding hydrogens is 473 g/mol. The molecule has 0 bridgehead atoms. The molecule has 3 aromatic rings. The van der Waals surface area contributed by atoms with Gasteiger partial charge in [0.15, 0.2) is 5.69 Å². The molecule has 1 unspecified atom stereocenters. The number of carbonyl (C=O) groups is 2. The minimum atomic E-state index is -0.388. The van der Waals surface area contributed by atoms with Gasteiger partial charge in [-0.15, -0.1) is 0 Å². The molecule has 2 aliphatic rings. The number of pyridine rings is 1. The van der Waals surface area contributed by atoms with Crippen molar-refractivity contribution < 1.29 is 14.0 Å². The van der Waals surface area contributed by atoms with Crippen LogP contribution >= 0.6 is 0 Å². The van der Waals surface area contributed by atoms with Gasteiger partial charge >= 0.3 is 0 Å². The van der Waals surface area contributed by atoms with E-state index >= 15 is 0 Å². The Bertz CT molecular complexity index is 1320. The van der Waals surface area contributed by atoms with E-state index in [-0.39, 0.29) is 42.6 Å². The van der Waals surface area contributed by atoms with Gasteiger partial charge in [-0.2, -0.15) is 5.10 Å². The molecule has 1 fully saturated rings. The first-order chi connectivity index (χ1) is 17.8. The number of aryl methyl sites for hydroxylation is 1. The standard InChI is InChI=1S/C27H32FN7O2/c1-33(2)23(36)16-35-25-22(32-26(35)18-6-4-5-7-18)8-9-29-24(25)27(37)30-13-17-10-19(12-21(28)11-17)20-14-31-34(3)15-20/h8-12,14-15,18,26,32H,4-7,13,16H2,1-3H3,(H,30,37). The lowest BCUT2D eigenvalue weighted by Gasteiger charge is -2.32. The number of fused-ring (bicyclic) bond motifs is 1. The maximum atomic E-state index is 14.4. The van der Waals surface area contributed by atoms with Crippen LogP contribution in [0.4, 0.5) is 15.8 Å². The summed E-state index contributed by atoms with van der Waals surface area (Å²) in [6.07, 6.45) is 9.49. The van der Waals surface area contributed by atoms with Gasteiger partial charge in [-0.25, -0.2) is 9.37 Å². The van der Waals surface area contributed by atoms with E-state index in [4.69, 9.17) is 0 Å². The number of halogens is 1. The highest BCUT2D eigenvalue weighted by molar-refractivity contribution is 6.03. The Kier molecular flexibility index (Phi) is 6.82. The summed E-state index contributed by atoms with van der Waals surface area (Å²) in [7, 11) is 5.26. The van der Waals surface area contributed by atoms with Crippen molar-refractivity contribution in [1.82, 2.24) is 25.0 Å². The number of anilines is 2. The molecule has 1 aromatic carbocycles. The van der Waals surface area contributed by atoms with Crippen molar-refractivity contribution >= 4 is 23.2 Å². The van der Waals surface area contributed by atoms with Crippen LogP contribution in [-0.4, -0.2) is 58.3 Å². The lowest BCUT2D eigenvalue weighted by atomic mass is 10.0. The second-order valence-electron chi connectivity index (χ2n) is 10.0. The Morgan fingerprint density at radius 3 is 2.68 bits per heavy atom. The highest BCUT2D eigenvalue weighted by Gasteiger charge is 2.39. The summed E-state index contributed by atoms with van der Waals surface area (Å²) in [4.78, 5) is 34.1. The third-order valence-corrected chi connectivity index (χ3v) is 7.17. The molecule has 1 aliphatic carbocycles. The second-order valence-corrected chi connectivity index (χ2v) is 10.0. The Balaban J connectivity index is 1.39. The van der Waals surface area contributed by atoms with Crippen molar-refractivity contribution in [3.05, 3.63) is 59.9 Å². The van der Waals surface area contributed by atoms with Gasteiger partial charge in [-0.1, -0.05) is 12.8 Å². The van der Waals surface area contributed by atoms with Crippen LogP contribution in [0.1, 0.15) is 41.7 Å². The lowest BCUT2D eigenvalue weighted by Crippen LogP contribution is -2.46. The van der Waals surface area contributed by atoms with Gasteiger partial charge in [-0.3, -0.25) is 14.3 Å². The predicted molar refractivity (Wildman–Crippen MR) is 139 cm³/mol. The molecule has 1 atom stereocenters. The number of likely N-dealkylation sites (N-methyl/N-ethyl adjacent to an activating group) is 1. The first-order valence-electron chi connectivity index (χ1n) is 12.6. The third-order valence-electron chi connectivity index (χ3n) is 7.17. The first-order valence-corrected chi connectivity index (χ1v) is 12.6. The molecule has 2 N–H and O–H groups in total. The summed E-state index contributed by atoms with van der Waals surface area (Å²) in [5.74, 6) is -0.423. The Morgan fingerprint density at radius 1 is 1.19 bits per heavy atom. The fourth-order valence-corrected chi connectivity index (χ4v) is 5.27. The number of amides is 2. The quantitative estimate of drug-likeness (QED) is 0.511. The van der Waals surface area contributed by atoms with Gasteiger partial charge < -0.3 is 20.4 Å². The van der Waals surface area contributed by atoms with E-state index in [1.54, 1.807) is 43.1 Å². The van der Waals surface area contributed by atoms with E-state index in [0.717, 1.165) is 36.9 Å². The normalized spacial score (nSPS) is 17.0. The number of aromatic nitrogens is 3. The van der Waals surface area contributed by atoms with E-state index in [0.29, 0.717) is 22.7 Å². The van der Waals surface area contributed by atoms with Crippen LogP contribution in [0.2, 0.25) is 0 Å². The zero-order valence-corrected chi connectivity index (χ0v) is 21.4. The van der Waals surface area contributed by atoms with Crippen molar-refractivity contribution in [2.75, 3.05) is 30.9 Å². The van der Waals surface area contributed by atoms with Gasteiger partial charge in [-0.05, 0) is 54.2 Å². The van der Waals surface area contributed by atoms with E-state index in [1.807, 2.05) is 23.2 Å². The molecule has 3 heterocycles. The molecule has 1 aliphatic heterocycles. The maximum absolute atomic E-state index is 14.4. The van der Waals surface area contributed by atoms with Crippen molar-refractivity contribution in [3.8, 4) is 11.1 Å². The number of carbonyl (C=O) groups excluding carboxylic acids is 2. The molecule has 10 heteroatoms. The van der Waals surface area contributed by atoms with Crippen molar-refractivity contribution in [2.45, 2.75) is 38.4 Å². The Hall–Kier alpha value is -3.95. The largest absolute Gasteiger partial charge is 0.363 e. The first kappa shape index (κ1) is 24.7. The van der Waals surface area contributed by atoms with Gasteiger partial charge in [0.2, 0.25) is 5.91 Å². The fourth-order valence-electron chi connectivity index (χ4n) is 5.27. The fraction of sp³-hybridized carbons (Fsp3) is 0.407. The van der Waals surface area contributed by atoms with E-state index in [9.17, 15) is 14.0 Å². The zero-order valence-electron chi connectivity index (χ0n) is 21.4. The van der Waals surface area contributed by atoms with Crippen molar-refractivity contribution in [1.29, 1.82) is 0 Å². The van der Waals surface area contributed by atoms with E-state index in [1.165, 1.54) is 12.1 Å². The predicted octanol–water partition coefficient (Wildman–Crippen LogP) is 3.39. The van der Waals surface area contributed by atoms with Crippen LogP contribution in [0.3, 0.4) is 0 Å². The number of hydrogen-bond donors (Lipinski definition) is 2. The summed E-state index contributed by atoms with van der Waals surface area (Å²) in [5, 5.41) is 10.6. The van der Waals surface area contributed by atoms with Crippen molar-refractivity contribution in [3.63, 3.8) is 0 Å². The SMILES string of the molecule is CN(C)C(=O)CN1c2c(ccnc2C(=O)NCc2cc(F)cc(-c3cnn(C)c3)c2)NC1C1CCCC1. The number of nitrogens with one attached hydrogen (secondary N) is 2. The second kappa shape index (κ2) is 10.2. The molecular formula is C27H32FN7O2. The van der Waals surface area contributed by atoms with Crippen LogP contribution in [0.5, 0.6) is 0 Å². The molecule has 0 radical (unpaired) electrons. The molecule has 1 saturated carbocycles. The zero-order chi connectivity index (χ0) is 26.1. The van der Waals surface area contributed by atoms with Gasteiger partial charge in [0, 0.05) is 45.6 Å². The molecule has 194 valence electrons. The van der Waals surface area contributed by atoms with Crippen molar-refractivity contribution in [2.24, 2.45) is 13.0 Å². The molecule has 5 rings (SSSR count). The highest BCUT2D eigenvalue weighted by Crippen LogP contribution is 2.42. The Morgan fingerprint density at radius 2 is 1.97 bits per heavy atom. The minimum Gasteiger partial charge on any atom is -0.363 e. The highest BCUT2D eigenvalue weighted by atomic mass is 19.1. The molecule has 0 saturated heterocycles. The maximum Gasteiger partial charge on any atom is 0.272 e. The Labute approximate surface area is 215 Å². The lowest BCUT2D eigenvalue weighted by molar-refractivity contribution is -0.127. The van der Waals surface area contributed by atoms with Crippen LogP contribution in [0.25, 0.3) is 11.1 Å². The summed E-state index contributed by atoms with van der Waals surface area (Å²) in [6, 6.07) is 6.54. The number of nitrogens with zero attached hydrogens (tertiary/aromatic N) is 5. The number of rotatable bonds is 7. The average Bonchev–Trinajstić information content (AvgIpc) is 3.62. The monoisotopic (exact) mass is 505 g/mol. The van der Waals surface area contributed by atoms with Crippen LogP contribution in [-0.2, 0) is 18.4 Å². The molecule has 2 amide bonds. The summed E-state index contributed by atoms with van der Waals surface area (Å²) in [5.41, 5.74) is 3.80. The molecule has 37 heavy (non-hydrogen) atoms. The van der Waals surface area contributed by atoms with Gasteiger partial charge in [0.25, 0.3) is 5.91 Å². The summed E-state index contributed by atoms with van der Waals surface area (Å²) in [6.45, 7) is 0.282. The minimum absolute atomic E-state index is 0.0458. The number of hydrogen-bond acceptors (Lipinski definition) is 6. The van der Waals surface area contributed by atoms with Crippen LogP contribution in [0.15, 0.2) is 42.9 Å². The molecule has 9 nitrogen and oxygen atoms in total. The van der Waals surface area contributed by atoms with Crippen LogP contribution in [0, 0.1) is 11.7 Å². The number of benzene rings is 1. The van der Waals surface area contributed by atoms with E-state index in [2.05, 4.69) is 20.7 Å². The van der Waals surface area contributed by atoms with E-state index < -0.39 is 0 Å². The summed E-state index contributed by atoms with van der Waals surface area (Å²) >= 11 is 0. The summed E-state index contributed by atoms with van der Waals surface area (Å²) < 4.78 is 16.0. The average molecular weight is 506 g/mol. The molecule has 2 aromatic heterocycles. The van der Waals surface area contributed by atoms with Gasteiger partial charge in [0.1, 0.15) is 12.0 Å². The topological polar surface area (TPSA) is 95.4 Å². The van der Waals surface area contributed by atoms with Gasteiger partial charge in [0.05, 0.1) is 24.1 Å². The third kappa shape index (κ3) is 5.14. The smallest absolute Gasteiger partial charge is 0.272 e.